The Balaban J connectivity index is 2.22. The number of allylic oxidation sites excluding steroid dienone is 1. The fraction of sp³-hybridized carbons (Fsp3) is 0.188. The SMILES string of the molecule is COC1=C(C)c2cccnc2N(c2ccccc2)C1O. The molecule has 2 aromatic rings. The first-order valence-electron chi connectivity index (χ1n) is 6.46. The van der Waals surface area contributed by atoms with E-state index in [2.05, 4.69) is 4.98 Å². The van der Waals surface area contributed by atoms with Crippen LogP contribution in [0, 0.1) is 0 Å². The van der Waals surface area contributed by atoms with Gasteiger partial charge >= 0.3 is 0 Å². The topological polar surface area (TPSA) is 45.6 Å². The molecule has 1 aliphatic rings. The first-order chi connectivity index (χ1) is 9.74. The lowest BCUT2D eigenvalue weighted by Crippen LogP contribution is -2.37. The number of fused-ring (bicyclic) bond motifs is 1. The van der Waals surface area contributed by atoms with E-state index < -0.39 is 6.23 Å². The third-order valence-corrected chi connectivity index (χ3v) is 3.52. The van der Waals surface area contributed by atoms with E-state index in [-0.39, 0.29) is 0 Å². The van der Waals surface area contributed by atoms with Crippen LogP contribution in [-0.2, 0) is 4.74 Å². The second-order valence-electron chi connectivity index (χ2n) is 4.65. The third kappa shape index (κ3) is 1.85. The Morgan fingerprint density at radius 2 is 1.90 bits per heavy atom. The number of aliphatic hydroxyl groups excluding tert-OH is 1. The summed E-state index contributed by atoms with van der Waals surface area (Å²) >= 11 is 0. The smallest absolute Gasteiger partial charge is 0.191 e. The molecular formula is C16H16N2O2. The van der Waals surface area contributed by atoms with E-state index in [0.29, 0.717) is 5.76 Å². The normalized spacial score (nSPS) is 17.9. The van der Waals surface area contributed by atoms with Crippen LogP contribution >= 0.6 is 0 Å². The Bertz CT molecular complexity index is 653. The fourth-order valence-electron chi connectivity index (χ4n) is 2.55. The van der Waals surface area contributed by atoms with Gasteiger partial charge in [-0.2, -0.15) is 0 Å². The molecule has 0 fully saturated rings. The van der Waals surface area contributed by atoms with Gasteiger partial charge < -0.3 is 9.84 Å². The van der Waals surface area contributed by atoms with E-state index in [1.807, 2.05) is 49.4 Å². The molecule has 1 aromatic heterocycles. The van der Waals surface area contributed by atoms with Crippen LogP contribution in [0.2, 0.25) is 0 Å². The number of ether oxygens (including phenoxy) is 1. The Morgan fingerprint density at radius 3 is 2.60 bits per heavy atom. The van der Waals surface area contributed by atoms with Crippen molar-refractivity contribution in [3.05, 3.63) is 60.0 Å². The summed E-state index contributed by atoms with van der Waals surface area (Å²) in [7, 11) is 1.58. The summed E-state index contributed by atoms with van der Waals surface area (Å²) in [6.07, 6.45) is 0.858. The fourth-order valence-corrected chi connectivity index (χ4v) is 2.55. The number of methoxy groups -OCH3 is 1. The zero-order valence-corrected chi connectivity index (χ0v) is 11.4. The number of aromatic nitrogens is 1. The number of anilines is 2. The zero-order chi connectivity index (χ0) is 14.1. The van der Waals surface area contributed by atoms with Crippen LogP contribution in [0.15, 0.2) is 54.4 Å². The van der Waals surface area contributed by atoms with Crippen molar-refractivity contribution >= 4 is 17.1 Å². The van der Waals surface area contributed by atoms with Crippen LogP contribution in [0.4, 0.5) is 11.5 Å². The first kappa shape index (κ1) is 12.7. The first-order valence-corrected chi connectivity index (χ1v) is 6.46. The van der Waals surface area contributed by atoms with Gasteiger partial charge in [-0.15, -0.1) is 0 Å². The Kier molecular flexibility index (Phi) is 3.16. The molecule has 102 valence electrons. The Hall–Kier alpha value is -2.33. The van der Waals surface area contributed by atoms with Crippen LogP contribution in [0.1, 0.15) is 12.5 Å². The summed E-state index contributed by atoms with van der Waals surface area (Å²) in [4.78, 5) is 6.20. The molecule has 0 amide bonds. The minimum Gasteiger partial charge on any atom is -0.496 e. The molecule has 3 rings (SSSR count). The molecule has 0 bridgehead atoms. The van der Waals surface area contributed by atoms with Crippen molar-refractivity contribution in [2.75, 3.05) is 12.0 Å². The number of hydrogen-bond donors (Lipinski definition) is 1. The van der Waals surface area contributed by atoms with Gasteiger partial charge in [-0.3, -0.25) is 4.90 Å². The quantitative estimate of drug-likeness (QED) is 0.909. The van der Waals surface area contributed by atoms with Gasteiger partial charge in [0.15, 0.2) is 6.23 Å². The molecule has 4 nitrogen and oxygen atoms in total. The summed E-state index contributed by atoms with van der Waals surface area (Å²) in [5.74, 6) is 1.29. The molecule has 0 aliphatic carbocycles. The number of benzene rings is 1. The van der Waals surface area contributed by atoms with E-state index in [4.69, 9.17) is 4.74 Å². The number of rotatable bonds is 2. The van der Waals surface area contributed by atoms with Crippen molar-refractivity contribution in [3.8, 4) is 0 Å². The summed E-state index contributed by atoms with van der Waals surface area (Å²) in [5, 5.41) is 10.6. The highest BCUT2D eigenvalue weighted by molar-refractivity contribution is 5.82. The van der Waals surface area contributed by atoms with Crippen molar-refractivity contribution in [1.29, 1.82) is 0 Å². The van der Waals surface area contributed by atoms with Crippen molar-refractivity contribution in [3.63, 3.8) is 0 Å². The predicted molar refractivity (Wildman–Crippen MR) is 78.4 cm³/mol. The Labute approximate surface area is 118 Å². The summed E-state index contributed by atoms with van der Waals surface area (Å²) in [5.41, 5.74) is 2.76. The summed E-state index contributed by atoms with van der Waals surface area (Å²) < 4.78 is 5.38. The zero-order valence-electron chi connectivity index (χ0n) is 11.4. The standard InChI is InChI=1S/C16H16N2O2/c1-11-13-9-6-10-17-15(13)18(16(19)14(11)20-2)12-7-4-3-5-8-12/h3-10,16,19H,1-2H3. The second kappa shape index (κ2) is 4.98. The molecule has 20 heavy (non-hydrogen) atoms. The number of hydrogen-bond acceptors (Lipinski definition) is 4. The molecule has 1 aromatic carbocycles. The molecule has 0 saturated carbocycles. The van der Waals surface area contributed by atoms with Gasteiger partial charge in [-0.1, -0.05) is 18.2 Å². The van der Waals surface area contributed by atoms with Gasteiger partial charge in [0.25, 0.3) is 0 Å². The van der Waals surface area contributed by atoms with Gasteiger partial charge in [0.05, 0.1) is 7.11 Å². The maximum absolute atomic E-state index is 10.6. The molecule has 0 radical (unpaired) electrons. The average molecular weight is 268 g/mol. The number of nitrogens with zero attached hydrogens (tertiary/aromatic N) is 2. The predicted octanol–water partition coefficient (Wildman–Crippen LogP) is 2.93. The van der Waals surface area contributed by atoms with Crippen LogP contribution in [0.25, 0.3) is 5.57 Å². The van der Waals surface area contributed by atoms with E-state index in [1.54, 1.807) is 18.2 Å². The molecule has 0 spiro atoms. The van der Waals surface area contributed by atoms with Crippen molar-refractivity contribution in [2.24, 2.45) is 0 Å². The van der Waals surface area contributed by atoms with E-state index in [9.17, 15) is 5.11 Å². The summed E-state index contributed by atoms with van der Waals surface area (Å²) in [6, 6.07) is 13.6. The highest BCUT2D eigenvalue weighted by atomic mass is 16.5. The van der Waals surface area contributed by atoms with Gasteiger partial charge in [-0.25, -0.2) is 4.98 Å². The van der Waals surface area contributed by atoms with Crippen molar-refractivity contribution in [1.82, 2.24) is 4.98 Å². The molecular weight excluding hydrogens is 252 g/mol. The van der Waals surface area contributed by atoms with E-state index in [1.165, 1.54) is 0 Å². The number of aliphatic hydroxyl groups is 1. The van der Waals surface area contributed by atoms with Gasteiger partial charge in [0, 0.05) is 23.0 Å². The monoisotopic (exact) mass is 268 g/mol. The number of para-hydroxylation sites is 1. The highest BCUT2D eigenvalue weighted by Crippen LogP contribution is 2.39. The van der Waals surface area contributed by atoms with E-state index >= 15 is 0 Å². The molecule has 2 heterocycles. The largest absolute Gasteiger partial charge is 0.496 e. The maximum atomic E-state index is 10.6. The van der Waals surface area contributed by atoms with Gasteiger partial charge in [0.2, 0.25) is 0 Å². The van der Waals surface area contributed by atoms with Crippen LogP contribution < -0.4 is 4.90 Å². The third-order valence-electron chi connectivity index (χ3n) is 3.52. The van der Waals surface area contributed by atoms with Gasteiger partial charge in [0.1, 0.15) is 11.6 Å². The summed E-state index contributed by atoms with van der Waals surface area (Å²) in [6.45, 7) is 1.94. The van der Waals surface area contributed by atoms with Crippen molar-refractivity contribution < 1.29 is 9.84 Å². The van der Waals surface area contributed by atoms with Gasteiger partial charge in [-0.05, 0) is 31.2 Å². The molecule has 1 atom stereocenters. The van der Waals surface area contributed by atoms with Crippen LogP contribution in [0.3, 0.4) is 0 Å². The molecule has 4 heteroatoms. The lowest BCUT2D eigenvalue weighted by Gasteiger charge is -2.35. The minimum absolute atomic E-state index is 0.550. The van der Waals surface area contributed by atoms with Crippen LogP contribution in [-0.4, -0.2) is 23.4 Å². The maximum Gasteiger partial charge on any atom is 0.191 e. The van der Waals surface area contributed by atoms with Crippen LogP contribution in [0.5, 0.6) is 0 Å². The lowest BCUT2D eigenvalue weighted by molar-refractivity contribution is 0.131. The molecule has 0 saturated heterocycles. The molecule has 1 aliphatic heterocycles. The minimum atomic E-state index is -0.871. The second-order valence-corrected chi connectivity index (χ2v) is 4.65. The highest BCUT2D eigenvalue weighted by Gasteiger charge is 2.32. The molecule has 1 N–H and O–H groups in total. The van der Waals surface area contributed by atoms with E-state index in [0.717, 1.165) is 22.6 Å². The Morgan fingerprint density at radius 1 is 1.15 bits per heavy atom. The number of pyridine rings is 1. The average Bonchev–Trinajstić information content (AvgIpc) is 2.49. The van der Waals surface area contributed by atoms with Crippen molar-refractivity contribution in [2.45, 2.75) is 13.2 Å². The molecule has 1 unspecified atom stereocenters. The lowest BCUT2D eigenvalue weighted by atomic mass is 10.0.